The van der Waals surface area contributed by atoms with Crippen molar-refractivity contribution in [2.75, 3.05) is 44.2 Å². The highest BCUT2D eigenvalue weighted by atomic mass is 35.5. The van der Waals surface area contributed by atoms with Crippen molar-refractivity contribution in [1.82, 2.24) is 19.4 Å². The second-order valence-electron chi connectivity index (χ2n) is 11.8. The van der Waals surface area contributed by atoms with Gasteiger partial charge in [0.2, 0.25) is 0 Å². The van der Waals surface area contributed by atoms with Gasteiger partial charge in [0, 0.05) is 60.8 Å². The Kier molecular flexibility index (Phi) is 8.18. The SMILES string of the molecule is C=CC(O)N1C[C@H](C)N(c2nc(=O)n3c4c(c(-c5ccc(F)cc5F)c(Cl)cc24)OC[C@H]3CCCN2CC(F)C2)C[C@H]1C. The maximum atomic E-state index is 15.1. The second kappa shape index (κ2) is 11.8. The van der Waals surface area contributed by atoms with Crippen molar-refractivity contribution in [3.63, 3.8) is 0 Å². The molecule has 2 saturated heterocycles. The van der Waals surface area contributed by atoms with Gasteiger partial charge in [-0.3, -0.25) is 14.4 Å². The van der Waals surface area contributed by atoms with Crippen molar-refractivity contribution in [2.24, 2.45) is 0 Å². The fourth-order valence-corrected chi connectivity index (χ4v) is 6.92. The summed E-state index contributed by atoms with van der Waals surface area (Å²) in [5, 5.41) is 11.2. The smallest absolute Gasteiger partial charge is 0.350 e. The zero-order valence-corrected chi connectivity index (χ0v) is 24.9. The van der Waals surface area contributed by atoms with Crippen LogP contribution in [0.3, 0.4) is 0 Å². The van der Waals surface area contributed by atoms with Crippen molar-refractivity contribution in [3.8, 4) is 16.9 Å². The maximum absolute atomic E-state index is 15.1. The van der Waals surface area contributed by atoms with Crippen LogP contribution in [-0.2, 0) is 0 Å². The molecule has 3 aliphatic heterocycles. The van der Waals surface area contributed by atoms with E-state index < -0.39 is 29.7 Å². The molecule has 0 spiro atoms. The van der Waals surface area contributed by atoms with Gasteiger partial charge in [-0.05, 0) is 57.5 Å². The summed E-state index contributed by atoms with van der Waals surface area (Å²) < 4.78 is 50.1. The summed E-state index contributed by atoms with van der Waals surface area (Å²) >= 11 is 6.84. The number of likely N-dealkylation sites (tertiary alicyclic amines) is 1. The van der Waals surface area contributed by atoms with Crippen LogP contribution in [-0.4, -0.2) is 88.3 Å². The molecule has 4 atom stereocenters. The Labute approximate surface area is 252 Å². The molecule has 2 fully saturated rings. The lowest BCUT2D eigenvalue weighted by Gasteiger charge is -2.46. The van der Waals surface area contributed by atoms with E-state index >= 15 is 4.39 Å². The van der Waals surface area contributed by atoms with E-state index in [0.717, 1.165) is 18.6 Å². The molecule has 0 saturated carbocycles. The number of aliphatic hydroxyl groups excluding tert-OH is 1. The molecule has 0 amide bonds. The van der Waals surface area contributed by atoms with Gasteiger partial charge < -0.3 is 14.7 Å². The largest absolute Gasteiger partial charge is 0.488 e. The molecule has 3 aliphatic rings. The van der Waals surface area contributed by atoms with E-state index in [9.17, 15) is 18.7 Å². The number of benzene rings is 2. The minimum Gasteiger partial charge on any atom is -0.488 e. The second-order valence-corrected chi connectivity index (χ2v) is 12.2. The number of halogens is 4. The first kappa shape index (κ1) is 29.9. The van der Waals surface area contributed by atoms with E-state index in [-0.39, 0.29) is 46.6 Å². The molecule has 4 heterocycles. The van der Waals surface area contributed by atoms with Crippen LogP contribution in [0.5, 0.6) is 5.75 Å². The van der Waals surface area contributed by atoms with Crippen LogP contribution < -0.4 is 15.3 Å². The molecule has 8 nitrogen and oxygen atoms in total. The monoisotopic (exact) mass is 617 g/mol. The van der Waals surface area contributed by atoms with Crippen molar-refractivity contribution in [3.05, 3.63) is 64.1 Å². The van der Waals surface area contributed by atoms with Crippen molar-refractivity contribution < 1.29 is 23.0 Å². The standard InChI is InChI=1S/C31H35ClF3N5O3/c1-4-26(41)38-12-18(3)39(13-17(38)2)30-23-11-24(32)27(22-8-7-19(33)10-25(22)35)29-28(23)40(31(42)36-30)21(16-43-29)6-5-9-37-14-20(34)15-37/h4,7-8,10-11,17-18,20-21,26,41H,1,5-6,9,12-16H2,2-3H3/t17-,18+,21-,26?/m1/s1. The van der Waals surface area contributed by atoms with E-state index in [4.69, 9.17) is 16.3 Å². The van der Waals surface area contributed by atoms with Gasteiger partial charge in [0.25, 0.3) is 0 Å². The minimum absolute atomic E-state index is 0.0617. The molecule has 230 valence electrons. The first-order chi connectivity index (χ1) is 20.6. The number of anilines is 1. The van der Waals surface area contributed by atoms with Crippen LogP contribution in [0.2, 0.25) is 5.02 Å². The summed E-state index contributed by atoms with van der Waals surface area (Å²) in [4.78, 5) is 24.4. The Morgan fingerprint density at radius 1 is 1.19 bits per heavy atom. The van der Waals surface area contributed by atoms with Crippen molar-refractivity contribution >= 4 is 28.3 Å². The third-order valence-corrected chi connectivity index (χ3v) is 9.16. The van der Waals surface area contributed by atoms with Crippen molar-refractivity contribution in [2.45, 2.75) is 57.2 Å². The Morgan fingerprint density at radius 2 is 1.95 bits per heavy atom. The number of hydrogen-bond acceptors (Lipinski definition) is 7. The number of hydrogen-bond donors (Lipinski definition) is 1. The zero-order valence-electron chi connectivity index (χ0n) is 24.1. The van der Waals surface area contributed by atoms with Gasteiger partial charge in [-0.25, -0.2) is 18.0 Å². The summed E-state index contributed by atoms with van der Waals surface area (Å²) in [5.74, 6) is -0.848. The van der Waals surface area contributed by atoms with E-state index in [2.05, 4.69) is 11.6 Å². The number of nitrogens with zero attached hydrogens (tertiary/aromatic N) is 5. The molecule has 1 N–H and O–H groups in total. The topological polar surface area (TPSA) is 74.1 Å². The van der Waals surface area contributed by atoms with Gasteiger partial charge in [-0.1, -0.05) is 18.2 Å². The van der Waals surface area contributed by atoms with Gasteiger partial charge in [-0.15, -0.1) is 0 Å². The molecule has 1 aromatic heterocycles. The maximum Gasteiger partial charge on any atom is 0.350 e. The van der Waals surface area contributed by atoms with Gasteiger partial charge >= 0.3 is 5.69 Å². The molecule has 3 aromatic rings. The number of alkyl halides is 1. The lowest BCUT2D eigenvalue weighted by Crippen LogP contribution is -2.59. The van der Waals surface area contributed by atoms with E-state index in [1.165, 1.54) is 12.1 Å². The fraction of sp³-hybridized carbons (Fsp3) is 0.484. The van der Waals surface area contributed by atoms with E-state index in [0.29, 0.717) is 55.9 Å². The molecule has 0 radical (unpaired) electrons. The third-order valence-electron chi connectivity index (χ3n) is 8.86. The summed E-state index contributed by atoms with van der Waals surface area (Å²) in [6, 6.07) is 4.35. The van der Waals surface area contributed by atoms with Crippen LogP contribution in [0.25, 0.3) is 22.0 Å². The molecule has 12 heteroatoms. The molecule has 6 rings (SSSR count). The predicted octanol–water partition coefficient (Wildman–Crippen LogP) is 4.77. The van der Waals surface area contributed by atoms with Crippen LogP contribution in [0.4, 0.5) is 19.0 Å². The molecule has 2 aromatic carbocycles. The summed E-state index contributed by atoms with van der Waals surface area (Å²) in [5.41, 5.74) is 0.290. The molecule has 43 heavy (non-hydrogen) atoms. The number of piperazine rings is 1. The highest BCUT2D eigenvalue weighted by Crippen LogP contribution is 2.47. The lowest BCUT2D eigenvalue weighted by atomic mass is 9.98. The summed E-state index contributed by atoms with van der Waals surface area (Å²) in [6.07, 6.45) is 1.21. The van der Waals surface area contributed by atoms with Gasteiger partial charge in [0.1, 0.15) is 36.5 Å². The van der Waals surface area contributed by atoms with Gasteiger partial charge in [0.15, 0.2) is 5.75 Å². The number of aromatic nitrogens is 2. The van der Waals surface area contributed by atoms with Crippen LogP contribution in [0.1, 0.15) is 32.7 Å². The molecular formula is C31H35ClF3N5O3. The summed E-state index contributed by atoms with van der Waals surface area (Å²) in [6.45, 7) is 10.3. The highest BCUT2D eigenvalue weighted by Gasteiger charge is 2.37. The van der Waals surface area contributed by atoms with Gasteiger partial charge in [0.05, 0.1) is 16.6 Å². The number of aliphatic hydroxyl groups is 1. The number of rotatable bonds is 8. The van der Waals surface area contributed by atoms with E-state index in [1.54, 1.807) is 10.6 Å². The Morgan fingerprint density at radius 3 is 2.65 bits per heavy atom. The van der Waals surface area contributed by atoms with Crippen LogP contribution in [0.15, 0.2) is 41.7 Å². The Bertz CT molecular complexity index is 1610. The average molecular weight is 618 g/mol. The first-order valence-electron chi connectivity index (χ1n) is 14.6. The molecule has 0 bridgehead atoms. The third kappa shape index (κ3) is 5.41. The predicted molar refractivity (Wildman–Crippen MR) is 161 cm³/mol. The minimum atomic E-state index is -0.807. The Hall–Kier alpha value is -3.12. The zero-order chi connectivity index (χ0) is 30.6. The Balaban J connectivity index is 1.47. The normalized spacial score (nSPS) is 23.7. The summed E-state index contributed by atoms with van der Waals surface area (Å²) in [7, 11) is 0. The fourth-order valence-electron chi connectivity index (χ4n) is 6.63. The van der Waals surface area contributed by atoms with Crippen LogP contribution in [0, 0.1) is 11.6 Å². The molecular weight excluding hydrogens is 583 g/mol. The molecule has 1 unspecified atom stereocenters. The highest BCUT2D eigenvalue weighted by molar-refractivity contribution is 6.35. The number of ether oxygens (including phenoxy) is 1. The van der Waals surface area contributed by atoms with Crippen molar-refractivity contribution in [1.29, 1.82) is 0 Å². The molecule has 0 aliphatic carbocycles. The van der Waals surface area contributed by atoms with E-state index in [1.807, 2.05) is 28.5 Å². The quantitative estimate of drug-likeness (QED) is 0.365. The van der Waals surface area contributed by atoms with Gasteiger partial charge in [-0.2, -0.15) is 4.98 Å². The lowest BCUT2D eigenvalue weighted by molar-refractivity contribution is 0.0000427. The van der Waals surface area contributed by atoms with Crippen LogP contribution >= 0.6 is 11.6 Å². The average Bonchev–Trinajstić information content (AvgIpc) is 2.95. The first-order valence-corrected chi connectivity index (χ1v) is 15.0.